The van der Waals surface area contributed by atoms with Gasteiger partial charge in [-0.15, -0.1) is 0 Å². The Hall–Kier alpha value is -0.801. The van der Waals surface area contributed by atoms with Gasteiger partial charge >= 0.3 is 133 Å². The molecule has 0 amide bonds. The molecule has 1 saturated carbocycles. The summed E-state index contributed by atoms with van der Waals surface area (Å²) in [4.78, 5) is 24.6. The van der Waals surface area contributed by atoms with Gasteiger partial charge in [0.1, 0.15) is 0 Å². The fourth-order valence-electron chi connectivity index (χ4n) is 2.74. The quantitative estimate of drug-likeness (QED) is 0.415. The summed E-state index contributed by atoms with van der Waals surface area (Å²) < 4.78 is 10.2. The van der Waals surface area contributed by atoms with E-state index in [0.717, 1.165) is 12.8 Å². The van der Waals surface area contributed by atoms with E-state index in [4.69, 9.17) is 4.74 Å². The summed E-state index contributed by atoms with van der Waals surface area (Å²) in [5.74, 6) is 1.12. The topological polar surface area (TPSA) is 52.6 Å². The molecule has 0 spiro atoms. The molecule has 0 aromatic heterocycles. The molecular formula is C16H26O4Se. The number of rotatable bonds is 6. The molecular weight excluding hydrogens is 335 g/mol. The number of esters is 2. The van der Waals surface area contributed by atoms with Gasteiger partial charge in [0.15, 0.2) is 0 Å². The fraction of sp³-hybridized carbons (Fsp3) is 0.750. The maximum absolute atomic E-state index is 11.9. The third-order valence-electron chi connectivity index (χ3n) is 3.95. The van der Waals surface area contributed by atoms with Crippen molar-refractivity contribution < 1.29 is 19.1 Å². The van der Waals surface area contributed by atoms with Crippen molar-refractivity contribution in [1.82, 2.24) is 0 Å². The summed E-state index contributed by atoms with van der Waals surface area (Å²) in [6.45, 7) is 6.62. The summed E-state index contributed by atoms with van der Waals surface area (Å²) >= 11 is -0.0567. The second kappa shape index (κ2) is 9.26. The van der Waals surface area contributed by atoms with Crippen LogP contribution in [0.4, 0.5) is 0 Å². The van der Waals surface area contributed by atoms with Crippen LogP contribution in [0.1, 0.15) is 40.0 Å². The van der Waals surface area contributed by atoms with E-state index in [1.54, 1.807) is 4.97 Å². The van der Waals surface area contributed by atoms with Crippen molar-refractivity contribution in [3.63, 3.8) is 0 Å². The molecule has 1 aliphatic carbocycles. The van der Waals surface area contributed by atoms with Gasteiger partial charge in [0.2, 0.25) is 0 Å². The standard InChI is InChI=1S/C16H26O4Se/c1-11(2)13-6-5-12(3)9-14(13)20-16(18)10-21-8-7-15(17)19-4/h7-8,11-14H,5-6,9-10H2,1-4H3/b8-7-/t12-,13+,14-/m1/s1. The molecule has 0 saturated heterocycles. The van der Waals surface area contributed by atoms with E-state index in [2.05, 4.69) is 25.5 Å². The molecule has 4 nitrogen and oxygen atoms in total. The Morgan fingerprint density at radius 2 is 2.05 bits per heavy atom. The molecule has 21 heavy (non-hydrogen) atoms. The van der Waals surface area contributed by atoms with Gasteiger partial charge in [-0.05, 0) is 0 Å². The molecule has 0 aliphatic heterocycles. The van der Waals surface area contributed by atoms with Crippen LogP contribution < -0.4 is 0 Å². The SMILES string of the molecule is COC(=O)/C=C\[Se]CC(=O)O[C@@H]1C[C@H](C)CC[C@H]1C(C)C. The van der Waals surface area contributed by atoms with Crippen LogP contribution in [0.25, 0.3) is 0 Å². The van der Waals surface area contributed by atoms with Crippen molar-refractivity contribution >= 4 is 26.9 Å². The molecule has 120 valence electrons. The molecule has 0 radical (unpaired) electrons. The van der Waals surface area contributed by atoms with E-state index >= 15 is 0 Å². The van der Waals surface area contributed by atoms with Crippen LogP contribution in [0, 0.1) is 17.8 Å². The zero-order valence-electron chi connectivity index (χ0n) is 13.3. The summed E-state index contributed by atoms with van der Waals surface area (Å²) in [6.07, 6.45) is 4.76. The van der Waals surface area contributed by atoms with E-state index in [0.29, 0.717) is 23.1 Å². The molecule has 1 aliphatic rings. The molecule has 3 atom stereocenters. The Balaban J connectivity index is 2.40. The van der Waals surface area contributed by atoms with Gasteiger partial charge < -0.3 is 0 Å². The summed E-state index contributed by atoms with van der Waals surface area (Å²) in [5.41, 5.74) is 0. The van der Waals surface area contributed by atoms with E-state index < -0.39 is 0 Å². The van der Waals surface area contributed by atoms with Crippen molar-refractivity contribution in [2.24, 2.45) is 17.8 Å². The minimum absolute atomic E-state index is 0.0567. The number of carbonyl (C=O) groups excluding carboxylic acids is 2. The van der Waals surface area contributed by atoms with Gasteiger partial charge in [-0.1, -0.05) is 0 Å². The Morgan fingerprint density at radius 3 is 2.67 bits per heavy atom. The van der Waals surface area contributed by atoms with Crippen LogP contribution in [-0.4, -0.2) is 40.1 Å². The molecule has 0 heterocycles. The van der Waals surface area contributed by atoms with Gasteiger partial charge in [0.25, 0.3) is 0 Å². The second-order valence-corrected chi connectivity index (χ2v) is 7.87. The normalized spacial score (nSPS) is 26.0. The van der Waals surface area contributed by atoms with Gasteiger partial charge in [-0.25, -0.2) is 0 Å². The zero-order chi connectivity index (χ0) is 15.8. The van der Waals surface area contributed by atoms with E-state index in [9.17, 15) is 9.59 Å². The first-order valence-corrected chi connectivity index (χ1v) is 9.69. The van der Waals surface area contributed by atoms with E-state index in [1.807, 2.05) is 0 Å². The minimum atomic E-state index is -0.383. The summed E-state index contributed by atoms with van der Waals surface area (Å²) in [6, 6.07) is 0. The third kappa shape index (κ3) is 6.66. The molecule has 1 fully saturated rings. The van der Waals surface area contributed by atoms with Crippen molar-refractivity contribution in [2.75, 3.05) is 7.11 Å². The van der Waals surface area contributed by atoms with Crippen molar-refractivity contribution in [3.8, 4) is 0 Å². The average molecular weight is 361 g/mol. The van der Waals surface area contributed by atoms with Gasteiger partial charge in [-0.2, -0.15) is 0 Å². The van der Waals surface area contributed by atoms with Gasteiger partial charge in [0, 0.05) is 0 Å². The van der Waals surface area contributed by atoms with Crippen LogP contribution in [0.15, 0.2) is 11.1 Å². The Kier molecular flexibility index (Phi) is 8.05. The van der Waals surface area contributed by atoms with Crippen LogP contribution in [0.5, 0.6) is 0 Å². The average Bonchev–Trinajstić information content (AvgIpc) is 2.43. The monoisotopic (exact) mass is 362 g/mol. The number of methoxy groups -OCH3 is 1. The maximum atomic E-state index is 11.9. The van der Waals surface area contributed by atoms with Crippen molar-refractivity contribution in [3.05, 3.63) is 11.1 Å². The Labute approximate surface area is 133 Å². The number of hydrogen-bond acceptors (Lipinski definition) is 4. The number of carbonyl (C=O) groups is 2. The molecule has 0 aromatic carbocycles. The van der Waals surface area contributed by atoms with Crippen LogP contribution in [0.2, 0.25) is 5.32 Å². The summed E-state index contributed by atoms with van der Waals surface area (Å²) in [7, 11) is 1.34. The zero-order valence-corrected chi connectivity index (χ0v) is 15.0. The van der Waals surface area contributed by atoms with Crippen LogP contribution in [0.3, 0.4) is 0 Å². The molecule has 1 rings (SSSR count). The van der Waals surface area contributed by atoms with Crippen LogP contribution in [-0.2, 0) is 19.1 Å². The number of ether oxygens (including phenoxy) is 2. The predicted molar refractivity (Wildman–Crippen MR) is 82.9 cm³/mol. The molecule has 0 unspecified atom stereocenters. The summed E-state index contributed by atoms with van der Waals surface area (Å²) in [5, 5.41) is 0.371. The predicted octanol–water partition coefficient (Wildman–Crippen LogP) is 2.80. The number of hydrogen-bond donors (Lipinski definition) is 0. The van der Waals surface area contributed by atoms with Crippen molar-refractivity contribution in [2.45, 2.75) is 51.5 Å². The van der Waals surface area contributed by atoms with E-state index in [-0.39, 0.29) is 33.0 Å². The van der Waals surface area contributed by atoms with Crippen LogP contribution >= 0.6 is 0 Å². The first kappa shape index (κ1) is 18.2. The fourth-order valence-corrected chi connectivity index (χ4v) is 3.81. The van der Waals surface area contributed by atoms with Crippen molar-refractivity contribution in [1.29, 1.82) is 0 Å². The molecule has 0 N–H and O–H groups in total. The van der Waals surface area contributed by atoms with Gasteiger partial charge in [0.05, 0.1) is 0 Å². The first-order chi connectivity index (χ1) is 9.93. The molecule has 0 aromatic rings. The first-order valence-electron chi connectivity index (χ1n) is 7.49. The Morgan fingerprint density at radius 1 is 1.33 bits per heavy atom. The van der Waals surface area contributed by atoms with Gasteiger partial charge in [-0.3, -0.25) is 0 Å². The van der Waals surface area contributed by atoms with E-state index in [1.165, 1.54) is 19.6 Å². The Bertz CT molecular complexity index is 378. The second-order valence-electron chi connectivity index (χ2n) is 5.99. The molecule has 5 heteroatoms. The third-order valence-corrected chi connectivity index (χ3v) is 5.48. The molecule has 0 bridgehead atoms.